The van der Waals surface area contributed by atoms with Gasteiger partial charge in [-0.05, 0) is 51.0 Å². The molecule has 1 aromatic carbocycles. The predicted molar refractivity (Wildman–Crippen MR) is 74.2 cm³/mol. The van der Waals surface area contributed by atoms with Crippen molar-refractivity contribution in [1.29, 1.82) is 0 Å². The highest BCUT2D eigenvalue weighted by molar-refractivity contribution is 7.92. The van der Waals surface area contributed by atoms with E-state index in [0.29, 0.717) is 16.1 Å². The smallest absolute Gasteiger partial charge is 0.183 e. The molecule has 0 radical (unpaired) electrons. The Morgan fingerprint density at radius 2 is 1.67 bits per heavy atom. The van der Waals surface area contributed by atoms with E-state index in [1.807, 2.05) is 0 Å². The molecule has 1 aromatic rings. The predicted octanol–water partition coefficient (Wildman–Crippen LogP) is 2.96. The third kappa shape index (κ3) is 2.59. The van der Waals surface area contributed by atoms with Gasteiger partial charge in [-0.1, -0.05) is 11.6 Å². The van der Waals surface area contributed by atoms with Gasteiger partial charge in [-0.25, -0.2) is 8.42 Å². The molecule has 0 N–H and O–H groups in total. The van der Waals surface area contributed by atoms with E-state index >= 15 is 0 Å². The summed E-state index contributed by atoms with van der Waals surface area (Å²) in [6.45, 7) is 6.38. The summed E-state index contributed by atoms with van der Waals surface area (Å²) in [4.78, 5) is 12.4. The molecule has 5 heteroatoms. The molecule has 0 bridgehead atoms. The maximum atomic E-state index is 12.4. The van der Waals surface area contributed by atoms with Crippen molar-refractivity contribution in [1.82, 2.24) is 0 Å². The monoisotopic (exact) mass is 288 g/mol. The molecule has 0 aliphatic heterocycles. The normalized spacial score (nSPS) is 12.6. The van der Waals surface area contributed by atoms with Crippen LogP contribution in [0, 0.1) is 13.8 Å². The van der Waals surface area contributed by atoms with E-state index < -0.39 is 20.4 Å². The van der Waals surface area contributed by atoms with Crippen LogP contribution in [0.4, 0.5) is 0 Å². The Hall–Kier alpha value is -0.870. The molecule has 0 amide bonds. The van der Waals surface area contributed by atoms with Crippen LogP contribution in [0.2, 0.25) is 5.02 Å². The Bertz CT molecular complexity index is 601. The van der Waals surface area contributed by atoms with E-state index in [4.69, 9.17) is 11.6 Å². The van der Waals surface area contributed by atoms with Crippen LogP contribution in [0.3, 0.4) is 0 Å². The molecule has 3 nitrogen and oxygen atoms in total. The lowest BCUT2D eigenvalue weighted by molar-refractivity contribution is 0.0953. The molecular formula is C13H17ClO3S. The standard InChI is InChI=1S/C13H17ClO3S/c1-8-7-11(14)9(2)6-10(8)12(15)13(3,4)18(5,16)17/h6-7H,1-5H3. The van der Waals surface area contributed by atoms with Crippen LogP contribution in [-0.4, -0.2) is 25.2 Å². The lowest BCUT2D eigenvalue weighted by Gasteiger charge is -2.22. The number of aryl methyl sites for hydroxylation is 2. The lowest BCUT2D eigenvalue weighted by atomic mass is 9.95. The van der Waals surface area contributed by atoms with E-state index in [-0.39, 0.29) is 0 Å². The zero-order chi connectivity index (χ0) is 14.3. The van der Waals surface area contributed by atoms with Crippen molar-refractivity contribution >= 4 is 27.2 Å². The van der Waals surface area contributed by atoms with Crippen molar-refractivity contribution in [2.75, 3.05) is 6.26 Å². The summed E-state index contributed by atoms with van der Waals surface area (Å²) in [6, 6.07) is 3.33. The van der Waals surface area contributed by atoms with E-state index in [1.165, 1.54) is 13.8 Å². The minimum atomic E-state index is -3.47. The van der Waals surface area contributed by atoms with E-state index in [9.17, 15) is 13.2 Å². The third-order valence-electron chi connectivity index (χ3n) is 3.22. The van der Waals surface area contributed by atoms with Gasteiger partial charge in [-0.3, -0.25) is 4.79 Å². The zero-order valence-electron chi connectivity index (χ0n) is 11.2. The summed E-state index contributed by atoms with van der Waals surface area (Å²) in [7, 11) is -3.47. The molecule has 18 heavy (non-hydrogen) atoms. The van der Waals surface area contributed by atoms with Gasteiger partial charge in [0.05, 0.1) is 0 Å². The topological polar surface area (TPSA) is 51.2 Å². The second kappa shape index (κ2) is 4.67. The van der Waals surface area contributed by atoms with Gasteiger partial charge >= 0.3 is 0 Å². The van der Waals surface area contributed by atoms with Crippen LogP contribution in [-0.2, 0) is 9.84 Å². The average molecular weight is 289 g/mol. The molecule has 1 rings (SSSR count). The average Bonchev–Trinajstić information content (AvgIpc) is 2.20. The van der Waals surface area contributed by atoms with Crippen molar-refractivity contribution in [2.45, 2.75) is 32.4 Å². The SMILES string of the molecule is Cc1cc(C(=O)C(C)(C)S(C)(=O)=O)c(C)cc1Cl. The largest absolute Gasteiger partial charge is 0.292 e. The number of carbonyl (C=O) groups excluding carboxylic acids is 1. The van der Waals surface area contributed by atoms with E-state index in [2.05, 4.69) is 0 Å². The van der Waals surface area contributed by atoms with Crippen LogP contribution in [0.15, 0.2) is 12.1 Å². The van der Waals surface area contributed by atoms with Crippen molar-refractivity contribution < 1.29 is 13.2 Å². The first-order valence-corrected chi connectivity index (χ1v) is 7.76. The Morgan fingerprint density at radius 3 is 2.11 bits per heavy atom. The molecule has 0 saturated heterocycles. The first-order valence-electron chi connectivity index (χ1n) is 5.49. The van der Waals surface area contributed by atoms with E-state index in [1.54, 1.807) is 26.0 Å². The molecule has 0 unspecified atom stereocenters. The summed E-state index contributed by atoms with van der Waals surface area (Å²) in [6.07, 6.45) is 1.07. The Morgan fingerprint density at radius 1 is 1.17 bits per heavy atom. The second-order valence-corrected chi connectivity index (χ2v) is 8.00. The molecule has 100 valence electrons. The van der Waals surface area contributed by atoms with E-state index in [0.717, 1.165) is 11.8 Å². The van der Waals surface area contributed by atoms with Crippen LogP contribution in [0.25, 0.3) is 0 Å². The van der Waals surface area contributed by atoms with Gasteiger partial charge in [-0.15, -0.1) is 0 Å². The fourth-order valence-corrected chi connectivity index (χ4v) is 2.18. The number of rotatable bonds is 3. The highest BCUT2D eigenvalue weighted by Gasteiger charge is 2.39. The number of hydrogen-bond acceptors (Lipinski definition) is 3. The minimum absolute atomic E-state index is 0.401. The van der Waals surface area contributed by atoms with Crippen molar-refractivity contribution in [3.05, 3.63) is 33.8 Å². The fourth-order valence-electron chi connectivity index (χ4n) is 1.52. The minimum Gasteiger partial charge on any atom is -0.292 e. The quantitative estimate of drug-likeness (QED) is 0.804. The number of ketones is 1. The second-order valence-electron chi connectivity index (χ2n) is 5.03. The number of halogens is 1. The van der Waals surface area contributed by atoms with Crippen molar-refractivity contribution in [2.24, 2.45) is 0 Å². The Kier molecular flexibility index (Phi) is 3.94. The molecule has 0 aromatic heterocycles. The number of carbonyl (C=O) groups is 1. The molecule has 0 spiro atoms. The summed E-state index contributed by atoms with van der Waals surface area (Å²) in [5, 5.41) is 0.571. The summed E-state index contributed by atoms with van der Waals surface area (Å²) in [5.41, 5.74) is 1.86. The van der Waals surface area contributed by atoms with Gasteiger partial charge < -0.3 is 0 Å². The molecule has 0 saturated carbocycles. The maximum Gasteiger partial charge on any atom is 0.183 e. The molecule has 0 fully saturated rings. The number of hydrogen-bond donors (Lipinski definition) is 0. The highest BCUT2D eigenvalue weighted by Crippen LogP contribution is 2.27. The van der Waals surface area contributed by atoms with Gasteiger partial charge in [-0.2, -0.15) is 0 Å². The van der Waals surface area contributed by atoms with Gasteiger partial charge in [0.1, 0.15) is 4.75 Å². The molecular weight excluding hydrogens is 272 g/mol. The number of sulfone groups is 1. The number of Topliss-reactive ketones (excluding diaryl/α,β-unsaturated/α-hetero) is 1. The number of benzene rings is 1. The molecule has 0 aliphatic rings. The Labute approximate surface area is 113 Å². The summed E-state index contributed by atoms with van der Waals surface area (Å²) >= 11 is 5.97. The van der Waals surface area contributed by atoms with Gasteiger partial charge in [0, 0.05) is 16.8 Å². The Balaban J connectivity index is 3.42. The van der Waals surface area contributed by atoms with Crippen LogP contribution in [0.5, 0.6) is 0 Å². The van der Waals surface area contributed by atoms with Crippen LogP contribution < -0.4 is 0 Å². The molecule has 0 heterocycles. The third-order valence-corrected chi connectivity index (χ3v) is 5.67. The lowest BCUT2D eigenvalue weighted by Crippen LogP contribution is -2.40. The fraction of sp³-hybridized carbons (Fsp3) is 0.462. The molecule has 0 aliphatic carbocycles. The highest BCUT2D eigenvalue weighted by atomic mass is 35.5. The van der Waals surface area contributed by atoms with Crippen molar-refractivity contribution in [3.8, 4) is 0 Å². The van der Waals surface area contributed by atoms with Gasteiger partial charge in [0.25, 0.3) is 0 Å². The van der Waals surface area contributed by atoms with Gasteiger partial charge in [0.2, 0.25) is 0 Å². The molecule has 0 atom stereocenters. The van der Waals surface area contributed by atoms with Crippen LogP contribution in [0.1, 0.15) is 35.3 Å². The first kappa shape index (κ1) is 15.2. The van der Waals surface area contributed by atoms with Gasteiger partial charge in [0.15, 0.2) is 15.6 Å². The van der Waals surface area contributed by atoms with Crippen LogP contribution >= 0.6 is 11.6 Å². The summed E-state index contributed by atoms with van der Waals surface area (Å²) in [5.74, 6) is -0.401. The maximum absolute atomic E-state index is 12.4. The van der Waals surface area contributed by atoms with Crippen molar-refractivity contribution in [3.63, 3.8) is 0 Å². The first-order chi connectivity index (χ1) is 7.98. The zero-order valence-corrected chi connectivity index (χ0v) is 12.7. The summed E-state index contributed by atoms with van der Waals surface area (Å²) < 4.78 is 21.9.